The summed E-state index contributed by atoms with van der Waals surface area (Å²) >= 11 is 7.60. The summed E-state index contributed by atoms with van der Waals surface area (Å²) in [5.41, 5.74) is 3.60. The van der Waals surface area contributed by atoms with Gasteiger partial charge in [-0.25, -0.2) is 0 Å². The fraction of sp³-hybridized carbons (Fsp3) is 0.176. The molecule has 1 N–H and O–H groups in total. The van der Waals surface area contributed by atoms with Crippen LogP contribution in [-0.2, 0) is 17.0 Å². The third-order valence-electron chi connectivity index (χ3n) is 3.80. The molecule has 0 bridgehead atoms. The Hall–Kier alpha value is -1.78. The minimum atomic E-state index is -0.899. The van der Waals surface area contributed by atoms with Gasteiger partial charge in [0, 0.05) is 26.8 Å². The Balaban J connectivity index is 2.16. The number of carboxylic acids is 1. The molecule has 1 aliphatic heterocycles. The van der Waals surface area contributed by atoms with Crippen molar-refractivity contribution in [1.29, 1.82) is 0 Å². The molecule has 22 heavy (non-hydrogen) atoms. The van der Waals surface area contributed by atoms with E-state index in [4.69, 9.17) is 16.7 Å². The van der Waals surface area contributed by atoms with Crippen molar-refractivity contribution in [2.75, 3.05) is 0 Å². The molecule has 0 atom stereocenters. The zero-order chi connectivity index (χ0) is 15.9. The van der Waals surface area contributed by atoms with Crippen molar-refractivity contribution in [2.45, 2.75) is 24.0 Å². The van der Waals surface area contributed by atoms with Crippen molar-refractivity contribution in [2.24, 2.45) is 0 Å². The monoisotopic (exact) mass is 332 g/mol. The van der Waals surface area contributed by atoms with Gasteiger partial charge in [0.2, 0.25) is 0 Å². The van der Waals surface area contributed by atoms with E-state index >= 15 is 0 Å². The molecule has 1 aliphatic rings. The maximum atomic E-state index is 12.9. The predicted octanol–water partition coefficient (Wildman–Crippen LogP) is 4.11. The summed E-state index contributed by atoms with van der Waals surface area (Å²) < 4.78 is 0. The molecule has 3 rings (SSSR count). The molecule has 0 fully saturated rings. The van der Waals surface area contributed by atoms with E-state index in [0.29, 0.717) is 27.5 Å². The summed E-state index contributed by atoms with van der Waals surface area (Å²) in [5.74, 6) is -0.285. The third kappa shape index (κ3) is 2.64. The minimum absolute atomic E-state index is 0.0589. The summed E-state index contributed by atoms with van der Waals surface area (Å²) in [6.45, 7) is 1.82. The number of hydrogen-bond acceptors (Lipinski definition) is 3. The Labute approximate surface area is 137 Å². The predicted molar refractivity (Wildman–Crippen MR) is 87.0 cm³/mol. The van der Waals surface area contributed by atoms with Crippen LogP contribution in [0.2, 0.25) is 5.02 Å². The van der Waals surface area contributed by atoms with Gasteiger partial charge in [-0.3, -0.25) is 9.59 Å². The number of fused-ring (bicyclic) bond motifs is 2. The Morgan fingerprint density at radius 3 is 2.82 bits per heavy atom. The Morgan fingerprint density at radius 1 is 1.32 bits per heavy atom. The van der Waals surface area contributed by atoms with Crippen LogP contribution in [0.3, 0.4) is 0 Å². The normalized spacial score (nSPS) is 13.3. The van der Waals surface area contributed by atoms with Crippen molar-refractivity contribution in [1.82, 2.24) is 0 Å². The van der Waals surface area contributed by atoms with E-state index in [9.17, 15) is 9.59 Å². The van der Waals surface area contributed by atoms with Gasteiger partial charge in [-0.05, 0) is 47.9 Å². The van der Waals surface area contributed by atoms with Gasteiger partial charge in [0.1, 0.15) is 0 Å². The lowest BCUT2D eigenvalue weighted by atomic mass is 9.92. The second-order valence-electron chi connectivity index (χ2n) is 5.21. The van der Waals surface area contributed by atoms with Crippen LogP contribution < -0.4 is 0 Å². The maximum absolute atomic E-state index is 12.9. The molecule has 2 aromatic rings. The first-order chi connectivity index (χ1) is 10.5. The molecule has 0 spiro atoms. The summed E-state index contributed by atoms with van der Waals surface area (Å²) in [5, 5.41) is 9.61. The van der Waals surface area contributed by atoms with E-state index in [1.54, 1.807) is 30.0 Å². The second kappa shape index (κ2) is 5.78. The number of carbonyl (C=O) groups excluding carboxylic acids is 1. The van der Waals surface area contributed by atoms with E-state index in [1.807, 2.05) is 19.1 Å². The number of carbonyl (C=O) groups is 2. The van der Waals surface area contributed by atoms with Crippen molar-refractivity contribution < 1.29 is 14.7 Å². The summed E-state index contributed by atoms with van der Waals surface area (Å²) in [6.07, 6.45) is -0.0788. The molecule has 5 heteroatoms. The Bertz CT molecular complexity index is 799. The van der Waals surface area contributed by atoms with Crippen LogP contribution in [0.15, 0.2) is 35.2 Å². The molecular formula is C17H13ClO3S. The largest absolute Gasteiger partial charge is 0.481 e. The van der Waals surface area contributed by atoms with Crippen LogP contribution in [-0.4, -0.2) is 16.9 Å². The molecule has 0 amide bonds. The molecule has 0 aliphatic carbocycles. The van der Waals surface area contributed by atoms with Crippen molar-refractivity contribution >= 4 is 35.1 Å². The Kier molecular flexibility index (Phi) is 3.98. The molecule has 0 aromatic heterocycles. The van der Waals surface area contributed by atoms with E-state index in [2.05, 4.69) is 0 Å². The molecule has 3 nitrogen and oxygen atoms in total. The first-order valence-corrected chi connectivity index (χ1v) is 8.14. The molecule has 0 saturated heterocycles. The molecule has 0 radical (unpaired) electrons. The Morgan fingerprint density at radius 2 is 2.09 bits per heavy atom. The third-order valence-corrected chi connectivity index (χ3v) is 5.14. The van der Waals surface area contributed by atoms with Crippen molar-refractivity contribution in [3.63, 3.8) is 0 Å². The topological polar surface area (TPSA) is 54.4 Å². The average molecular weight is 333 g/mol. The minimum Gasteiger partial charge on any atom is -0.481 e. The number of halogens is 1. The van der Waals surface area contributed by atoms with Crippen LogP contribution >= 0.6 is 23.4 Å². The zero-order valence-electron chi connectivity index (χ0n) is 11.9. The lowest BCUT2D eigenvalue weighted by Gasteiger charge is -2.12. The fourth-order valence-corrected chi connectivity index (χ4v) is 3.98. The van der Waals surface area contributed by atoms with Crippen LogP contribution in [0.1, 0.15) is 32.6 Å². The number of rotatable bonds is 2. The quantitative estimate of drug-likeness (QED) is 0.899. The first-order valence-electron chi connectivity index (χ1n) is 6.77. The highest BCUT2D eigenvalue weighted by Crippen LogP contribution is 2.37. The van der Waals surface area contributed by atoms with E-state index in [-0.39, 0.29) is 12.2 Å². The molecule has 1 heterocycles. The lowest BCUT2D eigenvalue weighted by Crippen LogP contribution is -2.10. The number of benzene rings is 2. The van der Waals surface area contributed by atoms with Crippen LogP contribution in [0.4, 0.5) is 0 Å². The highest BCUT2D eigenvalue weighted by molar-refractivity contribution is 7.98. The molecular weight excluding hydrogens is 320 g/mol. The number of ketones is 1. The van der Waals surface area contributed by atoms with Gasteiger partial charge >= 0.3 is 5.97 Å². The lowest BCUT2D eigenvalue weighted by molar-refractivity contribution is -0.136. The van der Waals surface area contributed by atoms with Crippen LogP contribution in [0.5, 0.6) is 0 Å². The molecule has 0 saturated carbocycles. The van der Waals surface area contributed by atoms with Crippen molar-refractivity contribution in [3.8, 4) is 0 Å². The smallest absolute Gasteiger partial charge is 0.307 e. The molecule has 112 valence electrons. The van der Waals surface area contributed by atoms with Crippen LogP contribution in [0.25, 0.3) is 0 Å². The van der Waals surface area contributed by atoms with Crippen molar-refractivity contribution in [3.05, 3.63) is 63.2 Å². The zero-order valence-corrected chi connectivity index (χ0v) is 13.4. The van der Waals surface area contributed by atoms with Gasteiger partial charge in [-0.1, -0.05) is 17.7 Å². The summed E-state index contributed by atoms with van der Waals surface area (Å²) in [7, 11) is 0. The fourth-order valence-electron chi connectivity index (χ4n) is 2.68. The maximum Gasteiger partial charge on any atom is 0.307 e. The molecule has 0 unspecified atom stereocenters. The molecule has 2 aromatic carbocycles. The van der Waals surface area contributed by atoms with Gasteiger partial charge in [0.05, 0.1) is 6.42 Å². The van der Waals surface area contributed by atoms with Crippen LogP contribution in [0, 0.1) is 6.92 Å². The number of carboxylic acid groups (broad SMARTS) is 1. The highest BCUT2D eigenvalue weighted by atomic mass is 35.5. The van der Waals surface area contributed by atoms with Gasteiger partial charge in [-0.15, -0.1) is 11.8 Å². The SMILES string of the molecule is Cc1c(CC(=O)O)ccc2c1C(=O)c1ccc(Cl)cc1CS2. The van der Waals surface area contributed by atoms with E-state index < -0.39 is 5.97 Å². The van der Waals surface area contributed by atoms with E-state index in [1.165, 1.54) is 0 Å². The number of hydrogen-bond donors (Lipinski definition) is 1. The van der Waals surface area contributed by atoms with Gasteiger partial charge < -0.3 is 5.11 Å². The van der Waals surface area contributed by atoms with Gasteiger partial charge in [0.25, 0.3) is 0 Å². The summed E-state index contributed by atoms with van der Waals surface area (Å²) in [4.78, 5) is 24.8. The van der Waals surface area contributed by atoms with Gasteiger partial charge in [0.15, 0.2) is 5.78 Å². The van der Waals surface area contributed by atoms with Gasteiger partial charge in [-0.2, -0.15) is 0 Å². The number of thioether (sulfide) groups is 1. The standard InChI is InChI=1S/C17H13ClO3S/c1-9-10(7-15(19)20)2-5-14-16(9)17(21)13-4-3-12(18)6-11(13)8-22-14/h2-6H,7-8H2,1H3,(H,19,20). The second-order valence-corrected chi connectivity index (χ2v) is 6.67. The highest BCUT2D eigenvalue weighted by Gasteiger charge is 2.25. The summed E-state index contributed by atoms with van der Waals surface area (Å²) in [6, 6.07) is 8.92. The average Bonchev–Trinajstić information content (AvgIpc) is 2.59. The first kappa shape index (κ1) is 15.1. The number of aliphatic carboxylic acids is 1. The van der Waals surface area contributed by atoms with E-state index in [0.717, 1.165) is 16.0 Å².